The molecule has 7 amide bonds. The Bertz CT molecular complexity index is 2900. The zero-order valence-corrected chi connectivity index (χ0v) is 42.5. The van der Waals surface area contributed by atoms with Crippen LogP contribution < -0.4 is 16.1 Å². The Hall–Kier alpha value is -8.84. The number of amides is 7. The Labute approximate surface area is 446 Å². The van der Waals surface area contributed by atoms with Crippen molar-refractivity contribution in [3.8, 4) is 0 Å². The van der Waals surface area contributed by atoms with Gasteiger partial charge in [-0.3, -0.25) is 32.9 Å². The van der Waals surface area contributed by atoms with Crippen LogP contribution in [0, 0.1) is 0 Å². The maximum absolute atomic E-state index is 13.0. The molecule has 75 heavy (non-hydrogen) atoms. The van der Waals surface area contributed by atoms with Gasteiger partial charge in [-0.1, -0.05) is 108 Å². The van der Waals surface area contributed by atoms with Crippen LogP contribution in [-0.2, 0) is 22.7 Å². The van der Waals surface area contributed by atoms with E-state index in [1.54, 1.807) is 73.3 Å². The third-order valence-electron chi connectivity index (χ3n) is 10.8. The first-order chi connectivity index (χ1) is 37.0. The lowest BCUT2D eigenvalue weighted by molar-refractivity contribution is 0.0178. The second-order valence-electron chi connectivity index (χ2n) is 15.9. The number of unbranched alkanes of at least 4 members (excludes halogenated alkanes) is 2. The largest absolute Gasteiger partial charge is 0.445 e. The number of fused-ring (bicyclic) bond motifs is 2. The van der Waals surface area contributed by atoms with Crippen molar-refractivity contribution in [1.29, 1.82) is 0 Å². The molecule has 2 aliphatic heterocycles. The summed E-state index contributed by atoms with van der Waals surface area (Å²) in [7, 11) is 0. The predicted molar refractivity (Wildman–Crippen MR) is 280 cm³/mol. The molecule has 2 aliphatic rings. The number of aromatic nitrogens is 6. The summed E-state index contributed by atoms with van der Waals surface area (Å²) >= 11 is 1.96. The van der Waals surface area contributed by atoms with E-state index in [0.717, 1.165) is 26.2 Å². The maximum Gasteiger partial charge on any atom is 0.407 e. The summed E-state index contributed by atoms with van der Waals surface area (Å²) in [5.41, 5.74) is 5.99. The minimum Gasteiger partial charge on any atom is -0.445 e. The van der Waals surface area contributed by atoms with Crippen LogP contribution >= 0.6 is 22.6 Å². The summed E-state index contributed by atoms with van der Waals surface area (Å²) < 4.78 is 20.4. The standard InChI is InChI=1S/C24H23N5O5.C20H21N3O4.C7H6N4O.CH3I/c30-21-19-10-4-5-11-20(19)22(31)29(21)28(24(33)27-15-13-25-17-27)14-7-6-12-26-23(32)34-16-18-8-2-1-3-9-18;24-18-16-10-4-5-11-17(16)19(25)23(18)22-13-7-6-12-21-20(26)27-14-15-8-2-1-3-9-15;12-7(10-3-1-8-5-10)11-4-2-9-6-11;1-2/h1-5,8-11,13,15,17H,6-7,12,14,16H2,(H,26,32);1-5,8-11,22H,6-7,12-14H2,(H,21,26);1-6H;1H3/i;;;1D. The first-order valence-electron chi connectivity index (χ1n) is 24.0. The van der Waals surface area contributed by atoms with Crippen LogP contribution in [0.15, 0.2) is 165 Å². The van der Waals surface area contributed by atoms with Crippen LogP contribution in [-0.4, -0.2) is 123 Å². The van der Waals surface area contributed by atoms with Crippen molar-refractivity contribution in [1.82, 2.24) is 59.7 Å². The van der Waals surface area contributed by atoms with Crippen molar-refractivity contribution in [3.63, 3.8) is 0 Å². The quantitative estimate of drug-likeness (QED) is 0.0374. The van der Waals surface area contributed by atoms with Crippen LogP contribution in [0.5, 0.6) is 0 Å². The van der Waals surface area contributed by atoms with Crippen LogP contribution in [0.1, 0.15) is 79.6 Å². The molecular formula is C52H53IN12O10. The van der Waals surface area contributed by atoms with E-state index in [0.29, 0.717) is 61.4 Å². The molecule has 0 radical (unpaired) electrons. The maximum atomic E-state index is 13.0. The lowest BCUT2D eigenvalue weighted by Gasteiger charge is -2.29. The lowest BCUT2D eigenvalue weighted by atomic mass is 10.1. The van der Waals surface area contributed by atoms with E-state index >= 15 is 0 Å². The van der Waals surface area contributed by atoms with E-state index in [1.165, 1.54) is 45.1 Å². The number of alkyl carbamates (subject to hydrolysis) is 2. The van der Waals surface area contributed by atoms with Crippen molar-refractivity contribution in [2.45, 2.75) is 38.9 Å². The summed E-state index contributed by atoms with van der Waals surface area (Å²) in [6.07, 6.45) is 14.6. The third kappa shape index (κ3) is 15.6. The van der Waals surface area contributed by atoms with Gasteiger partial charge in [0.25, 0.3) is 23.6 Å². The highest BCUT2D eigenvalue weighted by Gasteiger charge is 2.41. The Morgan fingerprint density at radius 3 is 1.36 bits per heavy atom. The predicted octanol–water partition coefficient (Wildman–Crippen LogP) is 7.21. The first kappa shape index (κ1) is 53.9. The fourth-order valence-electron chi connectivity index (χ4n) is 7.15. The topological polar surface area (TPSA) is 254 Å². The molecule has 0 spiro atoms. The molecule has 3 aromatic heterocycles. The van der Waals surface area contributed by atoms with Crippen molar-refractivity contribution in [2.75, 3.05) is 31.1 Å². The number of halogens is 1. The molecule has 0 atom stereocenters. The fourth-order valence-corrected chi connectivity index (χ4v) is 7.15. The van der Waals surface area contributed by atoms with Crippen molar-refractivity contribution < 1.29 is 49.2 Å². The molecule has 0 saturated heterocycles. The lowest BCUT2D eigenvalue weighted by Crippen LogP contribution is -2.51. The number of hydrogen-bond acceptors (Lipinski definition) is 14. The van der Waals surface area contributed by atoms with Gasteiger partial charge in [0, 0.05) is 64.7 Å². The van der Waals surface area contributed by atoms with Crippen LogP contribution in [0.2, 0.25) is 0 Å². The molecule has 0 aliphatic carbocycles. The normalized spacial score (nSPS) is 12.1. The highest BCUT2D eigenvalue weighted by Crippen LogP contribution is 2.25. The number of carbonyl (C=O) groups is 8. The van der Waals surface area contributed by atoms with Gasteiger partial charge in [0.2, 0.25) is 0 Å². The number of rotatable bonds is 16. The fraction of sp³-hybridized carbons (Fsp3) is 0.212. The summed E-state index contributed by atoms with van der Waals surface area (Å²) in [5.74, 6) is -1.79. The summed E-state index contributed by atoms with van der Waals surface area (Å²) in [6.45, 7) is 1.70. The number of ether oxygens (including phenoxy) is 2. The second-order valence-corrected chi connectivity index (χ2v) is 15.9. The number of hydrogen-bond donors (Lipinski definition) is 3. The molecule has 7 aromatic rings. The molecule has 23 heteroatoms. The minimum absolute atomic E-state index is 0.0865. The summed E-state index contributed by atoms with van der Waals surface area (Å²) in [4.78, 5) is 110. The van der Waals surface area contributed by atoms with E-state index in [4.69, 9.17) is 10.8 Å². The molecule has 4 aromatic carbocycles. The summed E-state index contributed by atoms with van der Waals surface area (Å²) in [5, 5.41) is 8.36. The molecule has 22 nitrogen and oxygen atoms in total. The van der Waals surface area contributed by atoms with E-state index in [2.05, 4.69) is 31.0 Å². The van der Waals surface area contributed by atoms with E-state index in [1.807, 2.05) is 83.3 Å². The van der Waals surface area contributed by atoms with Crippen molar-refractivity contribution in [2.24, 2.45) is 0 Å². The number of imidazole rings is 3. The molecule has 0 fully saturated rings. The monoisotopic (exact) mass is 1130 g/mol. The number of alkyl halides is 1. The van der Waals surface area contributed by atoms with Gasteiger partial charge in [-0.2, -0.15) is 5.01 Å². The van der Waals surface area contributed by atoms with Gasteiger partial charge in [-0.15, -0.1) is 0 Å². The third-order valence-corrected chi connectivity index (χ3v) is 10.8. The number of nitrogens with one attached hydrogen (secondary N) is 3. The number of hydrazine groups is 2. The van der Waals surface area contributed by atoms with Gasteiger partial charge < -0.3 is 20.1 Å². The molecule has 0 bridgehead atoms. The Balaban J connectivity index is 0.000000197. The zero-order chi connectivity index (χ0) is 54.1. The highest BCUT2D eigenvalue weighted by molar-refractivity contribution is 14.1. The van der Waals surface area contributed by atoms with Crippen LogP contribution in [0.3, 0.4) is 0 Å². The molecular weight excluding hydrogens is 1080 g/mol. The number of benzene rings is 4. The Morgan fingerprint density at radius 2 is 0.933 bits per heavy atom. The van der Waals surface area contributed by atoms with Crippen LogP contribution in [0.25, 0.3) is 0 Å². The molecule has 3 N–H and O–H groups in total. The highest BCUT2D eigenvalue weighted by atomic mass is 127. The zero-order valence-electron chi connectivity index (χ0n) is 41.4. The van der Waals surface area contributed by atoms with E-state index in [-0.39, 0.29) is 48.7 Å². The SMILES string of the molecule is O=C(NCCCCN(C(=O)n1ccnc1)N1C(=O)c2ccccc2C1=O)OCc1ccccc1.O=C(NCCCCNN1C(=O)c2ccccc2C1=O)OCc1ccccc1.O=C(n1ccnc1)n1ccnc1.[2H]CI. The number of nitrogens with zero attached hydrogens (tertiary/aromatic N) is 9. The smallest absolute Gasteiger partial charge is 0.407 e. The van der Waals surface area contributed by atoms with Gasteiger partial charge in [0.05, 0.1) is 22.3 Å². The molecule has 5 heterocycles. The average Bonchev–Trinajstić information content (AvgIpc) is 4.33. The Morgan fingerprint density at radius 1 is 0.547 bits per heavy atom. The van der Waals surface area contributed by atoms with Gasteiger partial charge >= 0.3 is 24.2 Å². The van der Waals surface area contributed by atoms with Crippen LogP contribution in [0.4, 0.5) is 19.2 Å². The number of imide groups is 2. The molecule has 9 rings (SSSR count). The van der Waals surface area contributed by atoms with Gasteiger partial charge in [-0.25, -0.2) is 49.6 Å². The van der Waals surface area contributed by atoms with Crippen molar-refractivity contribution in [3.05, 3.63) is 199 Å². The van der Waals surface area contributed by atoms with E-state index in [9.17, 15) is 38.4 Å². The molecule has 0 saturated carbocycles. The minimum atomic E-state index is -0.581. The van der Waals surface area contributed by atoms with Gasteiger partial charge in [0.15, 0.2) is 0 Å². The Kier molecular flexibility index (Phi) is 20.9. The van der Waals surface area contributed by atoms with Gasteiger partial charge in [0.1, 0.15) is 32.2 Å². The molecule has 0 unspecified atom stereocenters. The first-order valence-corrected chi connectivity index (χ1v) is 24.8. The number of carbonyl (C=O) groups excluding carboxylic acids is 8. The summed E-state index contributed by atoms with van der Waals surface area (Å²) in [6, 6.07) is 31.2. The second kappa shape index (κ2) is 29.0. The molecule has 388 valence electrons. The van der Waals surface area contributed by atoms with Gasteiger partial charge in [-0.05, 0) is 66.0 Å². The van der Waals surface area contributed by atoms with Crippen molar-refractivity contribution >= 4 is 70.5 Å². The van der Waals surface area contributed by atoms with E-state index < -0.39 is 30.0 Å². The average molecular weight is 1130 g/mol.